The van der Waals surface area contributed by atoms with Gasteiger partial charge in [-0.15, -0.1) is 0 Å². The molecule has 0 unspecified atom stereocenters. The molecule has 8 nitrogen and oxygen atoms in total. The maximum absolute atomic E-state index is 12.9. The van der Waals surface area contributed by atoms with Crippen LogP contribution in [-0.4, -0.2) is 85.6 Å². The van der Waals surface area contributed by atoms with Gasteiger partial charge in [0.1, 0.15) is 13.2 Å². The lowest BCUT2D eigenvalue weighted by Gasteiger charge is -2.34. The molecule has 0 atom stereocenters. The van der Waals surface area contributed by atoms with E-state index in [2.05, 4.69) is 15.1 Å². The molecule has 33 heavy (non-hydrogen) atoms. The molecule has 2 aliphatic heterocycles. The van der Waals surface area contributed by atoms with Gasteiger partial charge in [0.05, 0.1) is 18.0 Å². The Balaban J connectivity index is 1.24. The molecule has 0 aliphatic carbocycles. The summed E-state index contributed by atoms with van der Waals surface area (Å²) in [5.41, 5.74) is 4.36. The number of amides is 1. The van der Waals surface area contributed by atoms with E-state index in [9.17, 15) is 4.79 Å². The van der Waals surface area contributed by atoms with E-state index >= 15 is 0 Å². The maximum Gasteiger partial charge on any atom is 0.253 e. The van der Waals surface area contributed by atoms with Crippen LogP contribution in [-0.2, 0) is 4.74 Å². The second-order valence-electron chi connectivity index (χ2n) is 8.23. The Kier molecular flexibility index (Phi) is 6.28. The quantitative estimate of drug-likeness (QED) is 0.625. The third-order valence-electron chi connectivity index (χ3n) is 6.13. The summed E-state index contributed by atoms with van der Waals surface area (Å²) in [6.07, 6.45) is 0. The van der Waals surface area contributed by atoms with Crippen molar-refractivity contribution in [3.05, 3.63) is 54.1 Å². The highest BCUT2D eigenvalue weighted by Gasteiger charge is 2.22. The Hall–Kier alpha value is -3.36. The first kappa shape index (κ1) is 21.5. The molecule has 1 amide bonds. The van der Waals surface area contributed by atoms with Crippen LogP contribution in [0.5, 0.6) is 11.5 Å². The van der Waals surface area contributed by atoms with Crippen molar-refractivity contribution in [2.45, 2.75) is 0 Å². The molecule has 0 radical (unpaired) electrons. The van der Waals surface area contributed by atoms with E-state index in [1.54, 1.807) is 7.11 Å². The fourth-order valence-corrected chi connectivity index (χ4v) is 4.19. The van der Waals surface area contributed by atoms with Crippen molar-refractivity contribution in [2.24, 2.45) is 0 Å². The molecule has 2 aromatic carbocycles. The summed E-state index contributed by atoms with van der Waals surface area (Å²) >= 11 is 0. The minimum Gasteiger partial charge on any atom is -0.486 e. The van der Waals surface area contributed by atoms with Crippen molar-refractivity contribution in [3.63, 3.8) is 0 Å². The smallest absolute Gasteiger partial charge is 0.253 e. The third kappa shape index (κ3) is 4.72. The minimum absolute atomic E-state index is 0.0783. The van der Waals surface area contributed by atoms with Crippen molar-refractivity contribution < 1.29 is 19.0 Å². The number of fused-ring (bicyclic) bond motifs is 1. The monoisotopic (exact) mass is 448 g/mol. The van der Waals surface area contributed by atoms with Crippen molar-refractivity contribution in [3.8, 4) is 34.0 Å². The number of H-pyrrole nitrogens is 1. The zero-order valence-corrected chi connectivity index (χ0v) is 18.8. The first-order chi connectivity index (χ1) is 16.2. The van der Waals surface area contributed by atoms with Crippen molar-refractivity contribution in [1.29, 1.82) is 0 Å². The number of carbonyl (C=O) groups excluding carboxylic acids is 1. The SMILES string of the molecule is COCCN1CCN(C(=O)c2ccc(-c3cc(-c4ccc5c(c4)OCCO5)n[nH]3)cc2)CC1. The highest BCUT2D eigenvalue weighted by atomic mass is 16.6. The van der Waals surface area contributed by atoms with Gasteiger partial charge in [-0.05, 0) is 42.0 Å². The van der Waals surface area contributed by atoms with Crippen LogP contribution in [0.2, 0.25) is 0 Å². The Morgan fingerprint density at radius 1 is 0.970 bits per heavy atom. The van der Waals surface area contributed by atoms with Crippen LogP contribution in [0.4, 0.5) is 0 Å². The largest absolute Gasteiger partial charge is 0.486 e. The number of benzene rings is 2. The van der Waals surface area contributed by atoms with Crippen LogP contribution in [0.3, 0.4) is 0 Å². The van der Waals surface area contributed by atoms with Gasteiger partial charge < -0.3 is 19.1 Å². The number of rotatable bonds is 6. The Morgan fingerprint density at radius 3 is 2.45 bits per heavy atom. The van der Waals surface area contributed by atoms with Crippen LogP contribution in [0.25, 0.3) is 22.5 Å². The summed E-state index contributed by atoms with van der Waals surface area (Å²) in [6, 6.07) is 15.5. The molecule has 1 fully saturated rings. The van der Waals surface area contributed by atoms with Gasteiger partial charge in [0, 0.05) is 51.0 Å². The second kappa shape index (κ2) is 9.64. The molecule has 0 bridgehead atoms. The van der Waals surface area contributed by atoms with E-state index in [1.807, 2.05) is 53.4 Å². The van der Waals surface area contributed by atoms with Crippen LogP contribution in [0.15, 0.2) is 48.5 Å². The first-order valence-corrected chi connectivity index (χ1v) is 11.3. The second-order valence-corrected chi connectivity index (χ2v) is 8.23. The summed E-state index contributed by atoms with van der Waals surface area (Å²) in [4.78, 5) is 17.2. The van der Waals surface area contributed by atoms with Gasteiger partial charge in [-0.2, -0.15) is 5.10 Å². The number of hydrogen-bond acceptors (Lipinski definition) is 6. The molecule has 2 aliphatic rings. The Bertz CT molecular complexity index is 1100. The average Bonchev–Trinajstić information content (AvgIpc) is 3.38. The molecular weight excluding hydrogens is 420 g/mol. The lowest BCUT2D eigenvalue weighted by molar-refractivity contribution is 0.0594. The standard InChI is InChI=1S/C25H28N4O4/c1-31-13-12-28-8-10-29(11-9-28)25(30)19-4-2-18(3-5-19)21-17-22(27-26-21)20-6-7-23-24(16-20)33-15-14-32-23/h2-7,16-17H,8-15H2,1H3,(H,26,27). The molecule has 172 valence electrons. The van der Waals surface area contributed by atoms with Gasteiger partial charge >= 0.3 is 0 Å². The molecule has 3 heterocycles. The van der Waals surface area contributed by atoms with Crippen LogP contribution in [0, 0.1) is 0 Å². The Morgan fingerprint density at radius 2 is 1.70 bits per heavy atom. The van der Waals surface area contributed by atoms with Crippen molar-refractivity contribution >= 4 is 5.91 Å². The summed E-state index contributed by atoms with van der Waals surface area (Å²) in [5.74, 6) is 1.58. The van der Waals surface area contributed by atoms with Gasteiger partial charge in [-0.3, -0.25) is 14.8 Å². The molecule has 1 N–H and O–H groups in total. The van der Waals surface area contributed by atoms with E-state index < -0.39 is 0 Å². The highest BCUT2D eigenvalue weighted by Crippen LogP contribution is 2.34. The normalized spacial score (nSPS) is 16.1. The minimum atomic E-state index is 0.0783. The average molecular weight is 449 g/mol. The van der Waals surface area contributed by atoms with E-state index in [1.165, 1.54) is 0 Å². The molecule has 1 aromatic heterocycles. The van der Waals surface area contributed by atoms with Gasteiger partial charge in [0.15, 0.2) is 11.5 Å². The fourth-order valence-electron chi connectivity index (χ4n) is 4.19. The summed E-state index contributed by atoms with van der Waals surface area (Å²) in [7, 11) is 1.71. The van der Waals surface area contributed by atoms with E-state index in [0.717, 1.165) is 73.3 Å². The summed E-state index contributed by atoms with van der Waals surface area (Å²) in [6.45, 7) is 5.99. The number of aromatic nitrogens is 2. The fraction of sp³-hybridized carbons (Fsp3) is 0.360. The summed E-state index contributed by atoms with van der Waals surface area (Å²) in [5, 5.41) is 7.56. The van der Waals surface area contributed by atoms with Crippen LogP contribution in [0.1, 0.15) is 10.4 Å². The molecule has 0 spiro atoms. The number of piperazine rings is 1. The molecule has 0 saturated carbocycles. The molecule has 8 heteroatoms. The molecular formula is C25H28N4O4. The Labute approximate surface area is 193 Å². The molecule has 3 aromatic rings. The summed E-state index contributed by atoms with van der Waals surface area (Å²) < 4.78 is 16.4. The van der Waals surface area contributed by atoms with E-state index in [-0.39, 0.29) is 5.91 Å². The third-order valence-corrected chi connectivity index (χ3v) is 6.13. The number of nitrogens with zero attached hydrogens (tertiary/aromatic N) is 3. The van der Waals surface area contributed by atoms with Gasteiger partial charge in [-0.1, -0.05) is 12.1 Å². The zero-order valence-electron chi connectivity index (χ0n) is 18.8. The maximum atomic E-state index is 12.9. The first-order valence-electron chi connectivity index (χ1n) is 11.3. The number of hydrogen-bond donors (Lipinski definition) is 1. The van der Waals surface area contributed by atoms with Crippen molar-refractivity contribution in [2.75, 3.05) is 59.7 Å². The molecule has 5 rings (SSSR count). The van der Waals surface area contributed by atoms with Gasteiger partial charge in [0.25, 0.3) is 5.91 Å². The topological polar surface area (TPSA) is 79.9 Å². The van der Waals surface area contributed by atoms with Crippen LogP contribution >= 0.6 is 0 Å². The van der Waals surface area contributed by atoms with Gasteiger partial charge in [-0.25, -0.2) is 0 Å². The van der Waals surface area contributed by atoms with Crippen molar-refractivity contribution in [1.82, 2.24) is 20.0 Å². The predicted octanol–water partition coefficient (Wildman–Crippen LogP) is 2.92. The number of carbonyl (C=O) groups is 1. The molecule has 1 saturated heterocycles. The lowest BCUT2D eigenvalue weighted by atomic mass is 10.1. The number of nitrogens with one attached hydrogen (secondary N) is 1. The van der Waals surface area contributed by atoms with Crippen LogP contribution < -0.4 is 9.47 Å². The predicted molar refractivity (Wildman–Crippen MR) is 125 cm³/mol. The lowest BCUT2D eigenvalue weighted by Crippen LogP contribution is -2.49. The number of aromatic amines is 1. The number of ether oxygens (including phenoxy) is 3. The zero-order chi connectivity index (χ0) is 22.6. The van der Waals surface area contributed by atoms with Gasteiger partial charge in [0.2, 0.25) is 0 Å². The number of methoxy groups -OCH3 is 1. The van der Waals surface area contributed by atoms with E-state index in [0.29, 0.717) is 18.8 Å². The van der Waals surface area contributed by atoms with E-state index in [4.69, 9.17) is 14.2 Å². The highest BCUT2D eigenvalue weighted by molar-refractivity contribution is 5.94.